The zero-order valence-corrected chi connectivity index (χ0v) is 8.78. The summed E-state index contributed by atoms with van der Waals surface area (Å²) in [5.74, 6) is 0. The maximum Gasteiger partial charge on any atom is 0.304 e. The lowest BCUT2D eigenvalue weighted by Gasteiger charge is -2.02. The fourth-order valence-electron chi connectivity index (χ4n) is 1.12. The van der Waals surface area contributed by atoms with Gasteiger partial charge in [0.2, 0.25) is 6.23 Å². The highest BCUT2D eigenvalue weighted by atomic mass is 32.1. The Hall–Kier alpha value is -0.880. The van der Waals surface area contributed by atoms with E-state index >= 15 is 0 Å². The predicted octanol–water partition coefficient (Wildman–Crippen LogP) is 2.53. The van der Waals surface area contributed by atoms with Crippen LogP contribution in [0, 0.1) is 13.8 Å². The molecule has 68 valence electrons. The van der Waals surface area contributed by atoms with E-state index in [-0.39, 0.29) is 11.4 Å². The molecule has 1 aliphatic rings. The number of aryl methyl sites for hydroxylation is 2. The summed E-state index contributed by atoms with van der Waals surface area (Å²) in [5, 5.41) is 8.76. The predicted molar refractivity (Wildman–Crippen MR) is 52.9 cm³/mol. The van der Waals surface area contributed by atoms with Gasteiger partial charge in [-0.3, -0.25) is 0 Å². The maximum absolute atomic E-state index is 5.21. The average Bonchev–Trinajstić information content (AvgIpc) is 2.58. The summed E-state index contributed by atoms with van der Waals surface area (Å²) in [6.07, 6.45) is -0.362. The Morgan fingerprint density at radius 3 is 2.69 bits per heavy atom. The van der Waals surface area contributed by atoms with Gasteiger partial charge >= 0.3 is 5.17 Å². The summed E-state index contributed by atoms with van der Waals surface area (Å²) in [5.41, 5.74) is 0.941. The molecule has 0 saturated carbocycles. The largest absolute Gasteiger partial charge is 0.435 e. The van der Waals surface area contributed by atoms with Crippen LogP contribution in [0.1, 0.15) is 21.8 Å². The Labute approximate surface area is 84.7 Å². The number of azo groups is 1. The van der Waals surface area contributed by atoms with E-state index in [1.165, 1.54) is 0 Å². The number of aromatic nitrogens is 1. The molecule has 0 fully saturated rings. The van der Waals surface area contributed by atoms with E-state index in [2.05, 4.69) is 15.2 Å². The molecule has 0 saturated heterocycles. The first kappa shape index (κ1) is 8.71. The van der Waals surface area contributed by atoms with E-state index in [9.17, 15) is 0 Å². The van der Waals surface area contributed by atoms with Gasteiger partial charge in [0.15, 0.2) is 0 Å². The zero-order chi connectivity index (χ0) is 9.42. The highest BCUT2D eigenvalue weighted by Crippen LogP contribution is 2.31. The molecular formula is C7H7N3OS2. The quantitative estimate of drug-likeness (QED) is 0.673. The summed E-state index contributed by atoms with van der Waals surface area (Å²) >= 11 is 6.31. The molecule has 0 bridgehead atoms. The van der Waals surface area contributed by atoms with E-state index in [4.69, 9.17) is 17.0 Å². The van der Waals surface area contributed by atoms with Crippen LogP contribution in [-0.4, -0.2) is 10.2 Å². The van der Waals surface area contributed by atoms with Crippen LogP contribution in [-0.2, 0) is 4.74 Å². The zero-order valence-electron chi connectivity index (χ0n) is 7.14. The van der Waals surface area contributed by atoms with Crippen molar-refractivity contribution < 1.29 is 4.74 Å². The van der Waals surface area contributed by atoms with Crippen LogP contribution in [0.25, 0.3) is 0 Å². The minimum absolute atomic E-state index is 0.204. The molecule has 1 atom stereocenters. The molecule has 6 heteroatoms. The summed E-state index contributed by atoms with van der Waals surface area (Å²) in [7, 11) is 0. The molecular weight excluding hydrogens is 206 g/mol. The van der Waals surface area contributed by atoms with Crippen LogP contribution < -0.4 is 0 Å². The first-order valence-corrected chi connectivity index (χ1v) is 4.94. The molecule has 0 aliphatic carbocycles. The monoisotopic (exact) mass is 213 g/mol. The van der Waals surface area contributed by atoms with E-state index in [0.717, 1.165) is 15.6 Å². The van der Waals surface area contributed by atoms with Gasteiger partial charge < -0.3 is 4.74 Å². The lowest BCUT2D eigenvalue weighted by atomic mass is 10.4. The fourth-order valence-corrected chi connectivity index (χ4v) is 2.15. The van der Waals surface area contributed by atoms with Gasteiger partial charge in [-0.25, -0.2) is 4.98 Å². The SMILES string of the molecule is Cc1nc(C)c(C2N=NC(=S)O2)s1. The minimum Gasteiger partial charge on any atom is -0.435 e. The highest BCUT2D eigenvalue weighted by Gasteiger charge is 2.23. The molecule has 0 spiro atoms. The van der Waals surface area contributed by atoms with Crippen molar-refractivity contribution in [1.29, 1.82) is 0 Å². The summed E-state index contributed by atoms with van der Waals surface area (Å²) in [4.78, 5) is 5.26. The Morgan fingerprint density at radius 1 is 1.46 bits per heavy atom. The van der Waals surface area contributed by atoms with Gasteiger partial charge in [-0.1, -0.05) is 0 Å². The second-order valence-corrected chi connectivity index (χ2v) is 4.22. The molecule has 2 rings (SSSR count). The second kappa shape index (κ2) is 3.12. The number of thiocarbonyl (C=S) groups is 1. The van der Waals surface area contributed by atoms with Gasteiger partial charge in [0, 0.05) is 0 Å². The van der Waals surface area contributed by atoms with Gasteiger partial charge in [0.1, 0.15) is 0 Å². The van der Waals surface area contributed by atoms with Gasteiger partial charge in [-0.2, -0.15) is 0 Å². The van der Waals surface area contributed by atoms with E-state index in [0.29, 0.717) is 0 Å². The molecule has 0 aromatic carbocycles. The third-order valence-electron chi connectivity index (χ3n) is 1.62. The van der Waals surface area contributed by atoms with E-state index in [1.807, 2.05) is 13.8 Å². The molecule has 1 aromatic rings. The van der Waals surface area contributed by atoms with Crippen LogP contribution in [0.5, 0.6) is 0 Å². The molecule has 0 N–H and O–H groups in total. The summed E-state index contributed by atoms with van der Waals surface area (Å²) in [6, 6.07) is 0. The topological polar surface area (TPSA) is 46.8 Å². The highest BCUT2D eigenvalue weighted by molar-refractivity contribution is 7.80. The normalized spacial score (nSPS) is 20.8. The number of hydrogen-bond acceptors (Lipinski definition) is 5. The van der Waals surface area contributed by atoms with Crippen molar-refractivity contribution >= 4 is 28.7 Å². The molecule has 1 aliphatic heterocycles. The average molecular weight is 213 g/mol. The summed E-state index contributed by atoms with van der Waals surface area (Å²) in [6.45, 7) is 3.88. The van der Waals surface area contributed by atoms with E-state index in [1.54, 1.807) is 11.3 Å². The van der Waals surface area contributed by atoms with Crippen LogP contribution in [0.15, 0.2) is 10.2 Å². The number of nitrogens with zero attached hydrogens (tertiary/aromatic N) is 3. The van der Waals surface area contributed by atoms with Gasteiger partial charge in [0.25, 0.3) is 0 Å². The molecule has 0 radical (unpaired) electrons. The Balaban J connectivity index is 2.31. The molecule has 1 unspecified atom stereocenters. The lowest BCUT2D eigenvalue weighted by Crippen LogP contribution is -1.97. The van der Waals surface area contributed by atoms with Crippen LogP contribution in [0.4, 0.5) is 0 Å². The van der Waals surface area contributed by atoms with Crippen molar-refractivity contribution in [3.8, 4) is 0 Å². The number of hydrogen-bond donors (Lipinski definition) is 0. The molecule has 1 aromatic heterocycles. The first-order chi connectivity index (χ1) is 6.16. The third kappa shape index (κ3) is 1.59. The Kier molecular flexibility index (Phi) is 2.09. The minimum atomic E-state index is -0.362. The smallest absolute Gasteiger partial charge is 0.304 e. The van der Waals surface area contributed by atoms with Crippen molar-refractivity contribution in [3.63, 3.8) is 0 Å². The number of rotatable bonds is 1. The maximum atomic E-state index is 5.21. The van der Waals surface area contributed by atoms with Gasteiger partial charge in [-0.15, -0.1) is 21.6 Å². The molecule has 0 amide bonds. The van der Waals surface area contributed by atoms with Crippen LogP contribution in [0.2, 0.25) is 0 Å². The summed E-state index contributed by atoms with van der Waals surface area (Å²) < 4.78 is 5.21. The van der Waals surface area contributed by atoms with Crippen molar-refractivity contribution in [3.05, 3.63) is 15.6 Å². The second-order valence-electron chi connectivity index (χ2n) is 2.63. The first-order valence-electron chi connectivity index (χ1n) is 3.72. The number of thiazole rings is 1. The lowest BCUT2D eigenvalue weighted by molar-refractivity contribution is 0.230. The van der Waals surface area contributed by atoms with Crippen molar-refractivity contribution in [1.82, 2.24) is 4.98 Å². The van der Waals surface area contributed by atoms with Crippen molar-refractivity contribution in [2.75, 3.05) is 0 Å². The van der Waals surface area contributed by atoms with Crippen LogP contribution >= 0.6 is 23.6 Å². The Bertz CT molecular complexity index is 385. The van der Waals surface area contributed by atoms with Crippen LogP contribution in [0.3, 0.4) is 0 Å². The third-order valence-corrected chi connectivity index (χ3v) is 2.90. The molecule has 4 nitrogen and oxygen atoms in total. The molecule has 2 heterocycles. The van der Waals surface area contributed by atoms with Crippen molar-refractivity contribution in [2.24, 2.45) is 10.2 Å². The van der Waals surface area contributed by atoms with Gasteiger partial charge in [-0.05, 0) is 26.1 Å². The Morgan fingerprint density at radius 2 is 2.23 bits per heavy atom. The van der Waals surface area contributed by atoms with Gasteiger partial charge in [0.05, 0.1) is 15.6 Å². The van der Waals surface area contributed by atoms with Crippen molar-refractivity contribution in [2.45, 2.75) is 20.1 Å². The standard InChI is InChI=1S/C7H7N3OS2/c1-3-5(13-4(2)8-3)6-9-10-7(12)11-6/h6H,1-2H3. The van der Waals surface area contributed by atoms with E-state index < -0.39 is 0 Å². The fraction of sp³-hybridized carbons (Fsp3) is 0.429. The molecule has 13 heavy (non-hydrogen) atoms. The number of ether oxygens (including phenoxy) is 1.